The molecule has 7 nitrogen and oxygen atoms in total. The molecule has 0 aliphatic rings. The van der Waals surface area contributed by atoms with Gasteiger partial charge in [0.15, 0.2) is 11.5 Å². The highest BCUT2D eigenvalue weighted by atomic mass is 79.9. The lowest BCUT2D eigenvalue weighted by Gasteiger charge is -2.12. The molecule has 0 aromatic heterocycles. The summed E-state index contributed by atoms with van der Waals surface area (Å²) in [7, 11) is 1.51. The van der Waals surface area contributed by atoms with Crippen molar-refractivity contribution in [2.75, 3.05) is 19.0 Å². The van der Waals surface area contributed by atoms with E-state index in [2.05, 4.69) is 38.4 Å². The molecular formula is C20H18BrCl2N3O4. The van der Waals surface area contributed by atoms with Gasteiger partial charge in [-0.15, -0.1) is 0 Å². The Labute approximate surface area is 192 Å². The lowest BCUT2D eigenvalue weighted by molar-refractivity contribution is -0.126. The number of anilines is 1. The zero-order valence-corrected chi connectivity index (χ0v) is 19.0. The number of hydrogen-bond acceptors (Lipinski definition) is 5. The number of hydrogen-bond donors (Lipinski definition) is 2. The maximum absolute atomic E-state index is 12.0. The number of nitrogens with zero attached hydrogens (tertiary/aromatic N) is 1. The number of halogens is 3. The Morgan fingerprint density at radius 3 is 2.63 bits per heavy atom. The lowest BCUT2D eigenvalue weighted by atomic mass is 10.2. The molecule has 0 saturated heterocycles. The van der Waals surface area contributed by atoms with E-state index in [1.807, 2.05) is 0 Å². The summed E-state index contributed by atoms with van der Waals surface area (Å²) in [5.74, 6) is -0.0902. The zero-order valence-electron chi connectivity index (χ0n) is 15.9. The summed E-state index contributed by atoms with van der Waals surface area (Å²) < 4.78 is 11.5. The fourth-order valence-electron chi connectivity index (χ4n) is 2.24. The molecule has 0 atom stereocenters. The van der Waals surface area contributed by atoms with Gasteiger partial charge >= 0.3 is 0 Å². The van der Waals surface area contributed by atoms with Crippen molar-refractivity contribution in [1.29, 1.82) is 0 Å². The number of amides is 2. The van der Waals surface area contributed by atoms with Crippen molar-refractivity contribution in [1.82, 2.24) is 5.43 Å². The summed E-state index contributed by atoms with van der Waals surface area (Å²) >= 11 is 15.1. The second-order valence-corrected chi connectivity index (χ2v) is 7.45. The molecule has 30 heavy (non-hydrogen) atoms. The minimum Gasteiger partial charge on any atom is -0.493 e. The minimum atomic E-state index is -0.583. The van der Waals surface area contributed by atoms with E-state index < -0.39 is 18.2 Å². The van der Waals surface area contributed by atoms with Gasteiger partial charge in [0.05, 0.1) is 27.8 Å². The topological polar surface area (TPSA) is 89.0 Å². The van der Waals surface area contributed by atoms with Crippen molar-refractivity contribution >= 4 is 62.8 Å². The molecule has 2 aromatic carbocycles. The minimum absolute atomic E-state index is 0.297. The highest BCUT2D eigenvalue weighted by Gasteiger charge is 2.12. The van der Waals surface area contributed by atoms with Gasteiger partial charge in [0.1, 0.15) is 13.0 Å². The second-order valence-electron chi connectivity index (χ2n) is 5.78. The number of carbonyl (C=O) groups is 2. The third-order valence-electron chi connectivity index (χ3n) is 3.52. The molecule has 0 aliphatic carbocycles. The number of carbonyl (C=O) groups excluding carboxylic acids is 2. The van der Waals surface area contributed by atoms with Gasteiger partial charge in [-0.2, -0.15) is 5.10 Å². The van der Waals surface area contributed by atoms with Gasteiger partial charge in [0, 0.05) is 5.69 Å². The van der Waals surface area contributed by atoms with Gasteiger partial charge in [-0.1, -0.05) is 35.9 Å². The molecular weight excluding hydrogens is 497 g/mol. The summed E-state index contributed by atoms with van der Waals surface area (Å²) in [6.45, 7) is 3.93. The molecule has 2 amide bonds. The molecule has 0 radical (unpaired) electrons. The summed E-state index contributed by atoms with van der Waals surface area (Å²) in [5, 5.41) is 7.08. The number of methoxy groups -OCH3 is 1. The predicted molar refractivity (Wildman–Crippen MR) is 122 cm³/mol. The van der Waals surface area contributed by atoms with Crippen molar-refractivity contribution in [3.63, 3.8) is 0 Å². The quantitative estimate of drug-likeness (QED) is 0.217. The lowest BCUT2D eigenvalue weighted by Crippen LogP contribution is -2.24. The van der Waals surface area contributed by atoms with E-state index in [0.29, 0.717) is 43.9 Å². The van der Waals surface area contributed by atoms with Crippen molar-refractivity contribution in [2.24, 2.45) is 5.10 Å². The summed E-state index contributed by atoms with van der Waals surface area (Å²) in [5.41, 5.74) is 3.37. The smallest absolute Gasteiger partial charge is 0.249 e. The first-order valence-corrected chi connectivity index (χ1v) is 10.1. The SMILES string of the molecule is C=CCOc1c(Br)cc(C=NNC(=O)CC(=O)Nc2ccc(Cl)c(Cl)c2)cc1OC. The Hall–Kier alpha value is -2.55. The van der Waals surface area contributed by atoms with Crippen molar-refractivity contribution in [3.8, 4) is 11.5 Å². The van der Waals surface area contributed by atoms with Crippen molar-refractivity contribution in [2.45, 2.75) is 6.42 Å². The average Bonchev–Trinajstić information content (AvgIpc) is 2.69. The molecule has 2 N–H and O–H groups in total. The first kappa shape index (κ1) is 23.7. The summed E-state index contributed by atoms with van der Waals surface area (Å²) in [6, 6.07) is 8.05. The number of hydrazone groups is 1. The molecule has 0 bridgehead atoms. The highest BCUT2D eigenvalue weighted by Crippen LogP contribution is 2.36. The summed E-state index contributed by atoms with van der Waals surface area (Å²) in [4.78, 5) is 23.9. The van der Waals surface area contributed by atoms with Crippen LogP contribution in [0.25, 0.3) is 0 Å². The van der Waals surface area contributed by atoms with Crippen LogP contribution in [0, 0.1) is 0 Å². The number of rotatable bonds is 9. The van der Waals surface area contributed by atoms with Crippen LogP contribution >= 0.6 is 39.1 Å². The monoisotopic (exact) mass is 513 g/mol. The van der Waals surface area contributed by atoms with E-state index in [0.717, 1.165) is 0 Å². The largest absolute Gasteiger partial charge is 0.493 e. The number of benzene rings is 2. The fraction of sp³-hybridized carbons (Fsp3) is 0.150. The van der Waals surface area contributed by atoms with Crippen LogP contribution in [0.5, 0.6) is 11.5 Å². The van der Waals surface area contributed by atoms with Crippen LogP contribution in [-0.2, 0) is 9.59 Å². The van der Waals surface area contributed by atoms with Crippen LogP contribution in [0.2, 0.25) is 10.0 Å². The number of ether oxygens (including phenoxy) is 2. The van der Waals surface area contributed by atoms with Crippen molar-refractivity contribution in [3.05, 3.63) is 63.1 Å². The molecule has 2 rings (SSSR count). The molecule has 0 saturated carbocycles. The van der Waals surface area contributed by atoms with Gasteiger partial charge < -0.3 is 14.8 Å². The molecule has 0 aliphatic heterocycles. The van der Waals surface area contributed by atoms with E-state index in [1.165, 1.54) is 19.4 Å². The first-order valence-electron chi connectivity index (χ1n) is 8.52. The van der Waals surface area contributed by atoms with E-state index in [-0.39, 0.29) is 0 Å². The van der Waals surface area contributed by atoms with Gasteiger partial charge in [0.25, 0.3) is 0 Å². The molecule has 2 aromatic rings. The van der Waals surface area contributed by atoms with E-state index in [9.17, 15) is 9.59 Å². The third kappa shape index (κ3) is 7.05. The van der Waals surface area contributed by atoms with Crippen LogP contribution in [-0.4, -0.2) is 31.7 Å². The first-order chi connectivity index (χ1) is 14.3. The standard InChI is InChI=1S/C20H18BrCl2N3O4/c1-3-6-30-20-14(21)7-12(8-17(20)29-2)11-24-26-19(28)10-18(27)25-13-4-5-15(22)16(23)9-13/h3-5,7-9,11H,1,6,10H2,2H3,(H,25,27)(H,26,28). The Morgan fingerprint density at radius 2 is 1.97 bits per heavy atom. The van der Waals surface area contributed by atoms with Gasteiger partial charge in [-0.05, 0) is 51.8 Å². The molecule has 0 heterocycles. The Kier molecular flexibility index (Phi) is 9.16. The van der Waals surface area contributed by atoms with Gasteiger partial charge in [-0.3, -0.25) is 9.59 Å². The predicted octanol–water partition coefficient (Wildman–Crippen LogP) is 4.81. The second kappa shape index (κ2) is 11.6. The summed E-state index contributed by atoms with van der Waals surface area (Å²) in [6.07, 6.45) is 2.62. The molecule has 0 unspecified atom stereocenters. The average molecular weight is 515 g/mol. The van der Waals surface area contributed by atoms with E-state index >= 15 is 0 Å². The van der Waals surface area contributed by atoms with E-state index in [4.69, 9.17) is 32.7 Å². The maximum Gasteiger partial charge on any atom is 0.249 e. The third-order valence-corrected chi connectivity index (χ3v) is 4.85. The maximum atomic E-state index is 12.0. The highest BCUT2D eigenvalue weighted by molar-refractivity contribution is 9.10. The van der Waals surface area contributed by atoms with Gasteiger partial charge in [0.2, 0.25) is 11.8 Å². The number of nitrogens with one attached hydrogen (secondary N) is 2. The molecule has 158 valence electrons. The fourth-order valence-corrected chi connectivity index (χ4v) is 3.11. The van der Waals surface area contributed by atoms with Crippen LogP contribution in [0.3, 0.4) is 0 Å². The normalized spacial score (nSPS) is 10.5. The van der Waals surface area contributed by atoms with E-state index in [1.54, 1.807) is 30.3 Å². The Bertz CT molecular complexity index is 983. The molecule has 0 fully saturated rings. The van der Waals surface area contributed by atoms with Crippen LogP contribution in [0.4, 0.5) is 5.69 Å². The molecule has 0 spiro atoms. The van der Waals surface area contributed by atoms with Gasteiger partial charge in [-0.25, -0.2) is 5.43 Å². The Balaban J connectivity index is 1.93. The van der Waals surface area contributed by atoms with Crippen LogP contribution in [0.1, 0.15) is 12.0 Å². The Morgan fingerprint density at radius 1 is 1.20 bits per heavy atom. The molecule has 10 heteroatoms. The van der Waals surface area contributed by atoms with Crippen molar-refractivity contribution < 1.29 is 19.1 Å². The zero-order chi connectivity index (χ0) is 22.1. The van der Waals surface area contributed by atoms with Crippen LogP contribution in [0.15, 0.2) is 52.6 Å². The van der Waals surface area contributed by atoms with Crippen LogP contribution < -0.4 is 20.2 Å².